The monoisotopic (exact) mass is 533 g/mol. The van der Waals surface area contributed by atoms with E-state index in [-0.39, 0.29) is 5.60 Å². The SMILES string of the molecule is COC1(c2ccnc(C(N)=O)c2)C2CCCC1CN(C1CCC3(CC1)COC3)C2.O=C(O)CC(O)C(=O)O. The van der Waals surface area contributed by atoms with Gasteiger partial charge in [0.2, 0.25) is 0 Å². The van der Waals surface area contributed by atoms with E-state index in [4.69, 9.17) is 30.5 Å². The number of amides is 1. The van der Waals surface area contributed by atoms with Crippen molar-refractivity contribution in [3.05, 3.63) is 29.6 Å². The van der Waals surface area contributed by atoms with Gasteiger partial charge in [0.25, 0.3) is 5.91 Å². The average Bonchev–Trinajstić information content (AvgIpc) is 2.87. The fraction of sp³-hybridized carbons (Fsp3) is 0.704. The first kappa shape index (κ1) is 28.4. The maximum Gasteiger partial charge on any atom is 0.333 e. The molecular formula is C27H39N3O8. The first-order valence-corrected chi connectivity index (χ1v) is 13.4. The number of fused-ring (bicyclic) bond motifs is 2. The number of nitrogens with zero attached hydrogens (tertiary/aromatic N) is 2. The van der Waals surface area contributed by atoms with E-state index < -0.39 is 30.4 Å². The quantitative estimate of drug-likeness (QED) is 0.403. The van der Waals surface area contributed by atoms with Gasteiger partial charge in [0.15, 0.2) is 6.10 Å². The lowest BCUT2D eigenvalue weighted by molar-refractivity contribution is -0.182. The molecule has 4 fully saturated rings. The van der Waals surface area contributed by atoms with Crippen LogP contribution >= 0.6 is 0 Å². The average molecular weight is 534 g/mol. The molecule has 2 aliphatic carbocycles. The number of likely N-dealkylation sites (tertiary alicyclic amines) is 1. The summed E-state index contributed by atoms with van der Waals surface area (Å²) in [6.45, 7) is 4.10. The van der Waals surface area contributed by atoms with Gasteiger partial charge in [-0.05, 0) is 56.2 Å². The van der Waals surface area contributed by atoms with Gasteiger partial charge in [-0.2, -0.15) is 0 Å². The molecule has 5 rings (SSSR count). The Morgan fingerprint density at radius 1 is 1.16 bits per heavy atom. The number of hydrogen-bond donors (Lipinski definition) is 4. The fourth-order valence-corrected chi connectivity index (χ4v) is 7.01. The number of hydrogen-bond acceptors (Lipinski definition) is 8. The Labute approximate surface area is 222 Å². The van der Waals surface area contributed by atoms with Crippen LogP contribution in [0.5, 0.6) is 0 Å². The number of carbonyl (C=O) groups is 3. The third-order valence-electron chi connectivity index (χ3n) is 9.03. The van der Waals surface area contributed by atoms with Crippen LogP contribution in [0.4, 0.5) is 0 Å². The summed E-state index contributed by atoms with van der Waals surface area (Å²) in [4.78, 5) is 38.0. The van der Waals surface area contributed by atoms with E-state index in [1.54, 1.807) is 6.20 Å². The van der Waals surface area contributed by atoms with E-state index in [0.717, 1.165) is 31.9 Å². The van der Waals surface area contributed by atoms with E-state index in [0.29, 0.717) is 29.0 Å². The van der Waals surface area contributed by atoms with E-state index in [2.05, 4.69) is 9.88 Å². The molecular weight excluding hydrogens is 494 g/mol. The number of ether oxygens (including phenoxy) is 2. The summed E-state index contributed by atoms with van der Waals surface area (Å²) >= 11 is 0. The summed E-state index contributed by atoms with van der Waals surface area (Å²) in [5.74, 6) is -2.45. The maximum absolute atomic E-state index is 11.7. The van der Waals surface area contributed by atoms with Crippen molar-refractivity contribution in [2.75, 3.05) is 33.4 Å². The largest absolute Gasteiger partial charge is 0.481 e. The zero-order chi connectivity index (χ0) is 27.5. The van der Waals surface area contributed by atoms with Gasteiger partial charge in [0.05, 0.1) is 19.6 Å². The highest BCUT2D eigenvalue weighted by molar-refractivity contribution is 5.90. The second-order valence-corrected chi connectivity index (χ2v) is 11.2. The molecule has 5 N–H and O–H groups in total. The number of piperidine rings is 1. The number of nitrogens with two attached hydrogens (primary N) is 1. The van der Waals surface area contributed by atoms with Crippen molar-refractivity contribution < 1.29 is 39.2 Å². The number of aliphatic hydroxyl groups excluding tert-OH is 1. The molecule has 1 spiro atoms. The normalized spacial score (nSPS) is 29.4. The molecule has 1 aromatic heterocycles. The van der Waals surface area contributed by atoms with Crippen molar-refractivity contribution in [2.24, 2.45) is 23.0 Å². The molecule has 3 heterocycles. The summed E-state index contributed by atoms with van der Waals surface area (Å²) < 4.78 is 11.8. The lowest BCUT2D eigenvalue weighted by Gasteiger charge is -2.58. The van der Waals surface area contributed by atoms with Gasteiger partial charge < -0.3 is 30.5 Å². The first-order chi connectivity index (χ1) is 18.1. The summed E-state index contributed by atoms with van der Waals surface area (Å²) in [7, 11) is 1.84. The van der Waals surface area contributed by atoms with E-state index >= 15 is 0 Å². The Morgan fingerprint density at radius 3 is 2.24 bits per heavy atom. The van der Waals surface area contributed by atoms with Gasteiger partial charge >= 0.3 is 11.9 Å². The van der Waals surface area contributed by atoms with Crippen LogP contribution in [0, 0.1) is 17.3 Å². The highest BCUT2D eigenvalue weighted by atomic mass is 16.5. The van der Waals surface area contributed by atoms with Crippen molar-refractivity contribution in [2.45, 2.75) is 69.1 Å². The minimum Gasteiger partial charge on any atom is -0.481 e. The van der Waals surface area contributed by atoms with Gasteiger partial charge in [-0.15, -0.1) is 0 Å². The van der Waals surface area contributed by atoms with E-state index in [9.17, 15) is 14.4 Å². The molecule has 11 heteroatoms. The van der Waals surface area contributed by atoms with Gasteiger partial charge in [-0.3, -0.25) is 19.5 Å². The maximum atomic E-state index is 11.7. The molecule has 210 valence electrons. The van der Waals surface area contributed by atoms with Crippen LogP contribution in [-0.4, -0.2) is 88.6 Å². The number of aliphatic carboxylic acids is 2. The number of rotatable bonds is 7. The Kier molecular flexibility index (Phi) is 8.71. The molecule has 2 saturated heterocycles. The zero-order valence-corrected chi connectivity index (χ0v) is 21.9. The Morgan fingerprint density at radius 2 is 1.79 bits per heavy atom. The van der Waals surface area contributed by atoms with Crippen molar-refractivity contribution in [1.29, 1.82) is 0 Å². The minimum atomic E-state index is -1.79. The number of aromatic nitrogens is 1. The van der Waals surface area contributed by atoms with E-state index in [1.165, 1.54) is 44.9 Å². The van der Waals surface area contributed by atoms with Crippen molar-refractivity contribution >= 4 is 17.8 Å². The van der Waals surface area contributed by atoms with Crippen LogP contribution in [0.2, 0.25) is 0 Å². The van der Waals surface area contributed by atoms with Crippen LogP contribution in [-0.2, 0) is 24.7 Å². The molecule has 1 aromatic rings. The molecule has 3 atom stereocenters. The van der Waals surface area contributed by atoms with Crippen LogP contribution in [0.3, 0.4) is 0 Å². The van der Waals surface area contributed by atoms with Gasteiger partial charge in [-0.1, -0.05) is 6.42 Å². The standard InChI is InChI=1S/C23H33N3O3.C4H6O5/c1-28-23(16-7-10-25-20(11-16)21(24)27)17-3-2-4-18(23)13-26(12-17)19-5-8-22(9-6-19)14-29-15-22;5-2(4(8)9)1-3(6)7/h7,10-11,17-19H,2-6,8-9,12-15H2,1H3,(H2,24,27);2,5H,1H2,(H,6,7)(H,8,9). The number of pyridine rings is 1. The van der Waals surface area contributed by atoms with Crippen molar-refractivity contribution in [1.82, 2.24) is 9.88 Å². The molecule has 11 nitrogen and oxygen atoms in total. The topological polar surface area (TPSA) is 173 Å². The molecule has 0 radical (unpaired) electrons. The van der Waals surface area contributed by atoms with Crippen LogP contribution < -0.4 is 5.73 Å². The Balaban J connectivity index is 0.000000323. The van der Waals surface area contributed by atoms with Crippen LogP contribution in [0.1, 0.15) is 67.4 Å². The second-order valence-electron chi connectivity index (χ2n) is 11.2. The molecule has 2 bridgehead atoms. The molecule has 1 amide bonds. The van der Waals surface area contributed by atoms with Crippen LogP contribution in [0.15, 0.2) is 18.3 Å². The molecule has 3 unspecified atom stereocenters. The van der Waals surface area contributed by atoms with Gasteiger partial charge in [-0.25, -0.2) is 4.79 Å². The molecule has 4 aliphatic rings. The molecule has 38 heavy (non-hydrogen) atoms. The summed E-state index contributed by atoms with van der Waals surface area (Å²) in [5, 5.41) is 24.1. The minimum absolute atomic E-state index is 0.333. The number of carboxylic acid groups (broad SMARTS) is 2. The number of methoxy groups -OCH3 is 1. The first-order valence-electron chi connectivity index (χ1n) is 13.4. The molecule has 2 aliphatic heterocycles. The predicted octanol–water partition coefficient (Wildman–Crippen LogP) is 1.62. The van der Waals surface area contributed by atoms with E-state index in [1.807, 2.05) is 19.2 Å². The molecule has 2 saturated carbocycles. The summed E-state index contributed by atoms with van der Waals surface area (Å²) in [6.07, 6.45) is 7.97. The lowest BCUT2D eigenvalue weighted by Crippen LogP contribution is -2.61. The number of carboxylic acids is 2. The fourth-order valence-electron chi connectivity index (χ4n) is 7.01. The zero-order valence-electron chi connectivity index (χ0n) is 21.9. The summed E-state index contributed by atoms with van der Waals surface area (Å²) in [6, 6.07) is 4.59. The third-order valence-corrected chi connectivity index (χ3v) is 9.03. The number of carbonyl (C=O) groups excluding carboxylic acids is 1. The Hall–Kier alpha value is -2.60. The van der Waals surface area contributed by atoms with Crippen molar-refractivity contribution in [3.63, 3.8) is 0 Å². The van der Waals surface area contributed by atoms with Gasteiger partial charge in [0.1, 0.15) is 11.3 Å². The van der Waals surface area contributed by atoms with Gasteiger partial charge in [0, 0.05) is 49.7 Å². The summed E-state index contributed by atoms with van der Waals surface area (Å²) in [5.41, 5.74) is 7.09. The second kappa shape index (κ2) is 11.6. The smallest absolute Gasteiger partial charge is 0.333 e. The molecule has 0 aromatic carbocycles. The number of primary amides is 1. The lowest BCUT2D eigenvalue weighted by atomic mass is 9.61. The van der Waals surface area contributed by atoms with Crippen LogP contribution in [0.25, 0.3) is 0 Å². The highest BCUT2D eigenvalue weighted by Gasteiger charge is 2.54. The number of aliphatic hydroxyl groups is 1. The van der Waals surface area contributed by atoms with Crippen molar-refractivity contribution in [3.8, 4) is 0 Å². The highest BCUT2D eigenvalue weighted by Crippen LogP contribution is 2.53. The third kappa shape index (κ3) is 5.70. The Bertz CT molecular complexity index is 1010. The predicted molar refractivity (Wildman–Crippen MR) is 135 cm³/mol.